The van der Waals surface area contributed by atoms with Gasteiger partial charge in [0.25, 0.3) is 0 Å². The Morgan fingerprint density at radius 3 is 2.21 bits per heavy atom. The van der Waals surface area contributed by atoms with Gasteiger partial charge >= 0.3 is 0 Å². The highest BCUT2D eigenvalue weighted by Gasteiger charge is 2.17. The molecule has 1 unspecified atom stereocenters. The van der Waals surface area contributed by atoms with Crippen LogP contribution in [0.15, 0.2) is 0 Å². The van der Waals surface area contributed by atoms with Crippen molar-refractivity contribution in [2.45, 2.75) is 47.1 Å². The van der Waals surface area contributed by atoms with E-state index in [9.17, 15) is 0 Å². The maximum Gasteiger partial charge on any atom is 0.189 e. The topological polar surface area (TPSA) is 18.5 Å². The summed E-state index contributed by atoms with van der Waals surface area (Å²) in [6.45, 7) is 12.8. The van der Waals surface area contributed by atoms with Gasteiger partial charge in [-0.05, 0) is 31.7 Å². The third kappa shape index (κ3) is 8.93. The second kappa shape index (κ2) is 7.62. The summed E-state index contributed by atoms with van der Waals surface area (Å²) in [4.78, 5) is 0. The fraction of sp³-hybridized carbons (Fsp3) is 1.00. The van der Waals surface area contributed by atoms with E-state index in [1.807, 2.05) is 0 Å². The van der Waals surface area contributed by atoms with Gasteiger partial charge in [-0.1, -0.05) is 20.8 Å². The average Bonchev–Trinajstić information content (AvgIpc) is 2.08. The van der Waals surface area contributed by atoms with Crippen LogP contribution in [0.25, 0.3) is 0 Å². The predicted molar refractivity (Wildman–Crippen MR) is 67.8 cm³/mol. The zero-order valence-electron chi connectivity index (χ0n) is 10.4. The molecule has 0 heterocycles. The van der Waals surface area contributed by atoms with E-state index in [4.69, 9.17) is 8.85 Å². The Morgan fingerprint density at radius 2 is 1.79 bits per heavy atom. The molecule has 0 aromatic rings. The molecule has 0 radical (unpaired) electrons. The first-order valence-corrected chi connectivity index (χ1v) is 10.8. The van der Waals surface area contributed by atoms with Crippen LogP contribution in [-0.2, 0) is 8.85 Å². The van der Waals surface area contributed by atoms with Crippen molar-refractivity contribution in [2.75, 3.05) is 13.2 Å². The largest absolute Gasteiger partial charge is 0.425 e. The van der Waals surface area contributed by atoms with Crippen molar-refractivity contribution in [2.24, 2.45) is 5.41 Å². The first-order valence-electron chi connectivity index (χ1n) is 5.69. The van der Waals surface area contributed by atoms with Crippen molar-refractivity contribution in [3.05, 3.63) is 0 Å². The third-order valence-corrected chi connectivity index (χ3v) is 8.63. The summed E-state index contributed by atoms with van der Waals surface area (Å²) < 4.78 is 11.4. The highest BCUT2D eigenvalue weighted by Crippen LogP contribution is 2.22. The molecule has 4 heteroatoms. The summed E-state index contributed by atoms with van der Waals surface area (Å²) in [5, 5.41) is 0. The molecule has 2 nitrogen and oxygen atoms in total. The maximum absolute atomic E-state index is 5.82. The minimum atomic E-state index is -0.935. The maximum atomic E-state index is 5.82. The van der Waals surface area contributed by atoms with Gasteiger partial charge in [0.05, 0.1) is 0 Å². The molecule has 0 aliphatic heterocycles. The van der Waals surface area contributed by atoms with E-state index in [1.165, 1.54) is 12.5 Å². The Bertz CT molecular complexity index is 135. The normalized spacial score (nSPS) is 15.2. The van der Waals surface area contributed by atoms with Gasteiger partial charge in [0.15, 0.2) is 17.8 Å². The van der Waals surface area contributed by atoms with E-state index in [-0.39, 0.29) is 9.28 Å². The molecule has 0 spiro atoms. The van der Waals surface area contributed by atoms with Gasteiger partial charge in [0.1, 0.15) is 0 Å². The fourth-order valence-corrected chi connectivity index (χ4v) is 7.49. The molecule has 0 aromatic heterocycles. The highest BCUT2D eigenvalue weighted by molar-refractivity contribution is 7.06. The van der Waals surface area contributed by atoms with Gasteiger partial charge in [0, 0.05) is 13.2 Å². The summed E-state index contributed by atoms with van der Waals surface area (Å²) in [5.41, 5.74) is 0.447. The van der Waals surface area contributed by atoms with Gasteiger partial charge in [-0.25, -0.2) is 0 Å². The van der Waals surface area contributed by atoms with Crippen molar-refractivity contribution in [1.29, 1.82) is 0 Å². The number of hydrogen-bond acceptors (Lipinski definition) is 2. The number of hydrogen-bond donors (Lipinski definition) is 0. The third-order valence-electron chi connectivity index (χ3n) is 2.13. The van der Waals surface area contributed by atoms with E-state index in [0.29, 0.717) is 5.41 Å². The second-order valence-corrected chi connectivity index (χ2v) is 11.5. The highest BCUT2D eigenvalue weighted by atomic mass is 29.2. The van der Waals surface area contributed by atoms with Crippen LogP contribution in [-0.4, -0.2) is 31.1 Å². The van der Waals surface area contributed by atoms with Crippen LogP contribution in [0.4, 0.5) is 0 Å². The Morgan fingerprint density at radius 1 is 1.14 bits per heavy atom. The molecule has 14 heavy (non-hydrogen) atoms. The first-order chi connectivity index (χ1) is 6.49. The molecule has 0 saturated carbocycles. The Labute approximate surface area is 92.8 Å². The summed E-state index contributed by atoms with van der Waals surface area (Å²) in [6.07, 6.45) is 1.28. The lowest BCUT2D eigenvalue weighted by Crippen LogP contribution is -2.30. The van der Waals surface area contributed by atoms with Crippen LogP contribution in [0.2, 0.25) is 6.04 Å². The summed E-state index contributed by atoms with van der Waals surface area (Å²) >= 11 is 0. The smallest absolute Gasteiger partial charge is 0.189 e. The van der Waals surface area contributed by atoms with Crippen molar-refractivity contribution in [3.8, 4) is 0 Å². The Hall–Kier alpha value is 0.354. The summed E-state index contributed by atoms with van der Waals surface area (Å²) in [5.74, 6) is 0. The van der Waals surface area contributed by atoms with Gasteiger partial charge in [0.2, 0.25) is 0 Å². The second-order valence-electron chi connectivity index (χ2n) is 4.84. The van der Waals surface area contributed by atoms with E-state index in [1.54, 1.807) is 0 Å². The Balaban J connectivity index is 3.72. The molecular weight excluding hydrogens is 208 g/mol. The van der Waals surface area contributed by atoms with Crippen LogP contribution in [0.3, 0.4) is 0 Å². The minimum absolute atomic E-state index is 0.338. The van der Waals surface area contributed by atoms with Gasteiger partial charge in [-0.2, -0.15) is 0 Å². The average molecular weight is 234 g/mol. The minimum Gasteiger partial charge on any atom is -0.425 e. The standard InChI is InChI=1S/C10H26O2Si2/c1-6-11-13-14(12-7-2)9-8-10(3,4)5/h14H,6-9,13H2,1-5H3. The van der Waals surface area contributed by atoms with Gasteiger partial charge in [-0.15, -0.1) is 0 Å². The molecule has 0 aliphatic rings. The molecule has 0 aromatic carbocycles. The quantitative estimate of drug-likeness (QED) is 0.626. The first kappa shape index (κ1) is 14.4. The monoisotopic (exact) mass is 234 g/mol. The molecule has 0 rings (SSSR count). The zero-order valence-corrected chi connectivity index (χ0v) is 13.0. The van der Waals surface area contributed by atoms with Crippen molar-refractivity contribution < 1.29 is 8.85 Å². The molecule has 0 bridgehead atoms. The molecular formula is C10H26O2Si2. The van der Waals surface area contributed by atoms with Crippen molar-refractivity contribution in [1.82, 2.24) is 0 Å². The van der Waals surface area contributed by atoms with E-state index in [0.717, 1.165) is 13.2 Å². The van der Waals surface area contributed by atoms with Crippen LogP contribution in [0.5, 0.6) is 0 Å². The summed E-state index contributed by atoms with van der Waals surface area (Å²) in [6, 6.07) is 1.30. The van der Waals surface area contributed by atoms with E-state index < -0.39 is 8.56 Å². The van der Waals surface area contributed by atoms with Crippen molar-refractivity contribution >= 4 is 17.8 Å². The van der Waals surface area contributed by atoms with Gasteiger partial charge in [-0.3, -0.25) is 0 Å². The van der Waals surface area contributed by atoms with Crippen molar-refractivity contribution in [3.63, 3.8) is 0 Å². The van der Waals surface area contributed by atoms with E-state index >= 15 is 0 Å². The van der Waals surface area contributed by atoms with Crippen LogP contribution < -0.4 is 0 Å². The van der Waals surface area contributed by atoms with Crippen LogP contribution in [0.1, 0.15) is 41.0 Å². The fourth-order valence-electron chi connectivity index (χ4n) is 1.29. The lowest BCUT2D eigenvalue weighted by atomic mass is 9.94. The predicted octanol–water partition coefficient (Wildman–Crippen LogP) is 1.80. The SMILES string of the molecule is CCO[SiH2][SiH](CCC(C)(C)C)OCC. The molecule has 0 N–H and O–H groups in total. The molecule has 0 amide bonds. The van der Waals surface area contributed by atoms with Gasteiger partial charge < -0.3 is 8.85 Å². The molecule has 86 valence electrons. The summed E-state index contributed by atoms with van der Waals surface area (Å²) in [7, 11) is -1.27. The lowest BCUT2D eigenvalue weighted by molar-refractivity contribution is 0.323. The molecule has 1 atom stereocenters. The van der Waals surface area contributed by atoms with E-state index in [2.05, 4.69) is 34.6 Å². The molecule has 0 saturated heterocycles. The number of rotatable bonds is 7. The lowest BCUT2D eigenvalue weighted by Gasteiger charge is -2.21. The van der Waals surface area contributed by atoms with Crippen LogP contribution in [0, 0.1) is 5.41 Å². The van der Waals surface area contributed by atoms with Crippen LogP contribution >= 0.6 is 0 Å². The molecule has 0 aliphatic carbocycles. The zero-order chi connectivity index (χ0) is 11.0. The Kier molecular flexibility index (Phi) is 7.81. The molecule has 0 fully saturated rings.